The summed E-state index contributed by atoms with van der Waals surface area (Å²) in [6, 6.07) is 1.35. The summed E-state index contributed by atoms with van der Waals surface area (Å²) in [4.78, 5) is 19.7. The maximum absolute atomic E-state index is 12.9. The first-order valence-corrected chi connectivity index (χ1v) is 5.97. The van der Waals surface area contributed by atoms with Crippen LogP contribution in [-0.2, 0) is 6.54 Å². The van der Waals surface area contributed by atoms with Gasteiger partial charge < -0.3 is 0 Å². The molecule has 2 heterocycles. The molecule has 6 heteroatoms. The van der Waals surface area contributed by atoms with Gasteiger partial charge in [0.15, 0.2) is 0 Å². The highest BCUT2D eigenvalue weighted by molar-refractivity contribution is 14.1. The third kappa shape index (κ3) is 2.68. The lowest BCUT2D eigenvalue weighted by molar-refractivity contribution is 0.614. The maximum atomic E-state index is 12.9. The largest absolute Gasteiger partial charge is 0.294 e. The Labute approximate surface area is 111 Å². The molecule has 0 bridgehead atoms. The normalized spacial score (nSPS) is 10.5. The molecule has 0 N–H and O–H groups in total. The quantitative estimate of drug-likeness (QED) is 0.779. The molecular weight excluding hydrogens is 336 g/mol. The van der Waals surface area contributed by atoms with Crippen molar-refractivity contribution in [3.63, 3.8) is 0 Å². The van der Waals surface area contributed by atoms with Crippen LogP contribution in [0, 0.1) is 16.3 Å². The molecule has 0 amide bonds. The number of aryl methyl sites for hydroxylation is 1. The summed E-state index contributed by atoms with van der Waals surface area (Å²) in [5.74, 6) is -0.412. The van der Waals surface area contributed by atoms with E-state index in [4.69, 9.17) is 0 Å². The minimum Gasteiger partial charge on any atom is -0.294 e. The van der Waals surface area contributed by atoms with Crippen LogP contribution in [0.2, 0.25) is 0 Å². The van der Waals surface area contributed by atoms with Crippen LogP contribution in [0.1, 0.15) is 11.3 Å². The number of hydrogen-bond donors (Lipinski definition) is 0. The zero-order chi connectivity index (χ0) is 12.4. The number of nitrogens with zero attached hydrogens (tertiary/aromatic N) is 3. The van der Waals surface area contributed by atoms with E-state index in [1.54, 1.807) is 6.92 Å². The SMILES string of the molecule is Cc1ncn(Cc2cncc(F)c2)c(=O)c1I. The number of rotatable bonds is 2. The molecule has 0 saturated heterocycles. The Morgan fingerprint density at radius 2 is 2.24 bits per heavy atom. The van der Waals surface area contributed by atoms with Crippen LogP contribution >= 0.6 is 22.6 Å². The molecule has 2 aromatic heterocycles. The van der Waals surface area contributed by atoms with Gasteiger partial charge in [-0.2, -0.15) is 0 Å². The number of halogens is 2. The average molecular weight is 345 g/mol. The van der Waals surface area contributed by atoms with E-state index in [0.29, 0.717) is 14.8 Å². The number of pyridine rings is 1. The van der Waals surface area contributed by atoms with Crippen molar-refractivity contribution in [2.24, 2.45) is 0 Å². The zero-order valence-electron chi connectivity index (χ0n) is 9.02. The summed E-state index contributed by atoms with van der Waals surface area (Å²) in [6.45, 7) is 2.05. The molecule has 0 atom stereocenters. The van der Waals surface area contributed by atoms with Gasteiger partial charge in [-0.05, 0) is 41.1 Å². The van der Waals surface area contributed by atoms with E-state index in [0.717, 1.165) is 6.20 Å². The predicted octanol–water partition coefficient (Wildman–Crippen LogP) is 1.74. The third-order valence-electron chi connectivity index (χ3n) is 2.27. The second-order valence-corrected chi connectivity index (χ2v) is 4.67. The first-order chi connectivity index (χ1) is 8.08. The fourth-order valence-electron chi connectivity index (χ4n) is 1.40. The highest BCUT2D eigenvalue weighted by Crippen LogP contribution is 2.05. The van der Waals surface area contributed by atoms with Crippen molar-refractivity contribution in [3.8, 4) is 0 Å². The molecule has 0 radical (unpaired) electrons. The van der Waals surface area contributed by atoms with E-state index < -0.39 is 5.82 Å². The fraction of sp³-hybridized carbons (Fsp3) is 0.182. The first-order valence-electron chi connectivity index (χ1n) is 4.89. The molecule has 0 aliphatic rings. The molecule has 88 valence electrons. The van der Waals surface area contributed by atoms with Crippen LogP contribution < -0.4 is 5.56 Å². The number of hydrogen-bond acceptors (Lipinski definition) is 3. The predicted molar refractivity (Wildman–Crippen MR) is 69.2 cm³/mol. The molecule has 0 aliphatic carbocycles. The van der Waals surface area contributed by atoms with Gasteiger partial charge in [0.05, 0.1) is 28.3 Å². The lowest BCUT2D eigenvalue weighted by Crippen LogP contribution is -2.24. The number of aromatic nitrogens is 3. The second-order valence-electron chi connectivity index (χ2n) is 3.59. The van der Waals surface area contributed by atoms with Crippen LogP contribution in [-0.4, -0.2) is 14.5 Å². The lowest BCUT2D eigenvalue weighted by atomic mass is 10.3. The van der Waals surface area contributed by atoms with E-state index >= 15 is 0 Å². The van der Waals surface area contributed by atoms with Crippen molar-refractivity contribution in [2.45, 2.75) is 13.5 Å². The molecule has 0 aliphatic heterocycles. The smallest absolute Gasteiger partial charge is 0.267 e. The maximum Gasteiger partial charge on any atom is 0.267 e. The summed E-state index contributed by atoms with van der Waals surface area (Å²) >= 11 is 1.96. The molecule has 0 aromatic carbocycles. The topological polar surface area (TPSA) is 47.8 Å². The molecule has 0 saturated carbocycles. The molecule has 2 aromatic rings. The van der Waals surface area contributed by atoms with E-state index in [1.807, 2.05) is 22.6 Å². The highest BCUT2D eigenvalue weighted by Gasteiger charge is 2.06. The summed E-state index contributed by atoms with van der Waals surface area (Å²) in [6.07, 6.45) is 4.12. The van der Waals surface area contributed by atoms with Crippen molar-refractivity contribution in [3.05, 3.63) is 55.8 Å². The molecule has 17 heavy (non-hydrogen) atoms. The van der Waals surface area contributed by atoms with Crippen LogP contribution in [0.15, 0.2) is 29.6 Å². The Kier molecular flexibility index (Phi) is 3.51. The second kappa shape index (κ2) is 4.91. The standard InChI is InChI=1S/C11H9FIN3O/c1-7-10(13)11(17)16(6-15-7)5-8-2-9(12)4-14-3-8/h2-4,6H,5H2,1H3. The average Bonchev–Trinajstić information content (AvgIpc) is 2.30. The van der Waals surface area contributed by atoms with Crippen LogP contribution in [0.5, 0.6) is 0 Å². The Hall–Kier alpha value is -1.31. The van der Waals surface area contributed by atoms with Crippen molar-refractivity contribution in [1.82, 2.24) is 14.5 Å². The summed E-state index contributed by atoms with van der Waals surface area (Å²) in [5, 5.41) is 0. The Morgan fingerprint density at radius 3 is 2.94 bits per heavy atom. The Morgan fingerprint density at radius 1 is 1.47 bits per heavy atom. The molecule has 2 rings (SSSR count). The van der Waals surface area contributed by atoms with Crippen molar-refractivity contribution in [2.75, 3.05) is 0 Å². The van der Waals surface area contributed by atoms with Crippen LogP contribution in [0.3, 0.4) is 0 Å². The van der Waals surface area contributed by atoms with Gasteiger partial charge in [-0.1, -0.05) is 0 Å². The summed E-state index contributed by atoms with van der Waals surface area (Å²) in [7, 11) is 0. The Bertz CT molecular complexity index is 612. The lowest BCUT2D eigenvalue weighted by Gasteiger charge is -2.06. The van der Waals surface area contributed by atoms with Gasteiger partial charge in [-0.25, -0.2) is 9.37 Å². The third-order valence-corrected chi connectivity index (χ3v) is 3.51. The van der Waals surface area contributed by atoms with E-state index in [2.05, 4.69) is 9.97 Å². The van der Waals surface area contributed by atoms with Gasteiger partial charge in [-0.3, -0.25) is 14.3 Å². The van der Waals surface area contributed by atoms with E-state index in [9.17, 15) is 9.18 Å². The van der Waals surface area contributed by atoms with Crippen molar-refractivity contribution >= 4 is 22.6 Å². The van der Waals surface area contributed by atoms with Gasteiger partial charge >= 0.3 is 0 Å². The van der Waals surface area contributed by atoms with Gasteiger partial charge in [0.25, 0.3) is 5.56 Å². The molecule has 4 nitrogen and oxygen atoms in total. The molecular formula is C11H9FIN3O. The first kappa shape index (κ1) is 12.2. The molecule has 0 unspecified atom stereocenters. The minimum atomic E-state index is -0.412. The monoisotopic (exact) mass is 345 g/mol. The van der Waals surface area contributed by atoms with Gasteiger partial charge in [0.1, 0.15) is 5.82 Å². The summed E-state index contributed by atoms with van der Waals surface area (Å²) in [5.41, 5.74) is 1.21. The van der Waals surface area contributed by atoms with Gasteiger partial charge in [-0.15, -0.1) is 0 Å². The van der Waals surface area contributed by atoms with Gasteiger partial charge in [0.2, 0.25) is 0 Å². The van der Waals surface area contributed by atoms with Crippen LogP contribution in [0.4, 0.5) is 4.39 Å². The van der Waals surface area contributed by atoms with Crippen molar-refractivity contribution in [1.29, 1.82) is 0 Å². The fourth-order valence-corrected chi connectivity index (χ4v) is 1.85. The molecule has 0 spiro atoms. The minimum absolute atomic E-state index is 0.123. The van der Waals surface area contributed by atoms with Crippen LogP contribution in [0.25, 0.3) is 0 Å². The highest BCUT2D eigenvalue weighted by atomic mass is 127. The zero-order valence-corrected chi connectivity index (χ0v) is 11.2. The van der Waals surface area contributed by atoms with Crippen molar-refractivity contribution < 1.29 is 4.39 Å². The van der Waals surface area contributed by atoms with Gasteiger partial charge in [0, 0.05) is 6.20 Å². The summed E-state index contributed by atoms with van der Waals surface area (Å²) < 4.78 is 15.0. The van der Waals surface area contributed by atoms with E-state index in [1.165, 1.54) is 23.2 Å². The Balaban J connectivity index is 2.37. The van der Waals surface area contributed by atoms with E-state index in [-0.39, 0.29) is 12.1 Å². The molecule has 0 fully saturated rings.